The number of hydrogen-bond donors (Lipinski definition) is 1. The number of hydrogen-bond acceptors (Lipinski definition) is 2. The van der Waals surface area contributed by atoms with Crippen LogP contribution in [0, 0.1) is 5.92 Å². The van der Waals surface area contributed by atoms with E-state index in [-0.39, 0.29) is 0 Å². The fourth-order valence-corrected chi connectivity index (χ4v) is 3.91. The standard InChI is InChI=1S/C17H24ClNO/c18-15-5-3-4-13(10-15)11-19-12-14-8-9-20-17-7-2-1-6-16(14)17/h1-2,6-7,13-15,19H,3-5,8-12H2. The van der Waals surface area contributed by atoms with Crippen molar-refractivity contribution in [1.29, 1.82) is 0 Å². The van der Waals surface area contributed by atoms with Crippen LogP contribution in [0.2, 0.25) is 0 Å². The molecule has 1 aromatic carbocycles. The predicted molar refractivity (Wildman–Crippen MR) is 83.8 cm³/mol. The summed E-state index contributed by atoms with van der Waals surface area (Å²) in [5.74, 6) is 2.43. The number of halogens is 1. The second-order valence-electron chi connectivity index (χ2n) is 6.16. The van der Waals surface area contributed by atoms with Gasteiger partial charge < -0.3 is 10.1 Å². The van der Waals surface area contributed by atoms with Gasteiger partial charge in [-0.05, 0) is 49.8 Å². The first-order valence-electron chi connectivity index (χ1n) is 7.89. The normalized spacial score (nSPS) is 29.6. The SMILES string of the molecule is ClC1CCCC(CNCC2CCOc3ccccc32)C1. The van der Waals surface area contributed by atoms with Gasteiger partial charge >= 0.3 is 0 Å². The van der Waals surface area contributed by atoms with Gasteiger partial charge in [0, 0.05) is 17.8 Å². The molecule has 110 valence electrons. The van der Waals surface area contributed by atoms with Crippen molar-refractivity contribution in [3.8, 4) is 5.75 Å². The Morgan fingerprint density at radius 1 is 1.15 bits per heavy atom. The number of nitrogens with one attached hydrogen (secondary N) is 1. The molecule has 0 saturated heterocycles. The molecular formula is C17H24ClNO. The zero-order valence-electron chi connectivity index (χ0n) is 12.0. The van der Waals surface area contributed by atoms with Crippen LogP contribution in [0.3, 0.4) is 0 Å². The van der Waals surface area contributed by atoms with Gasteiger partial charge in [0.25, 0.3) is 0 Å². The second-order valence-corrected chi connectivity index (χ2v) is 6.78. The van der Waals surface area contributed by atoms with Crippen LogP contribution >= 0.6 is 11.6 Å². The van der Waals surface area contributed by atoms with E-state index in [0.717, 1.165) is 37.8 Å². The molecule has 0 amide bonds. The van der Waals surface area contributed by atoms with Crippen LogP contribution < -0.4 is 10.1 Å². The van der Waals surface area contributed by atoms with Crippen LogP contribution in [0.15, 0.2) is 24.3 Å². The highest BCUT2D eigenvalue weighted by Gasteiger charge is 2.23. The molecule has 1 N–H and O–H groups in total. The van der Waals surface area contributed by atoms with Crippen molar-refractivity contribution in [3.05, 3.63) is 29.8 Å². The molecule has 3 atom stereocenters. The Morgan fingerprint density at radius 3 is 2.95 bits per heavy atom. The molecule has 0 aromatic heterocycles. The van der Waals surface area contributed by atoms with Crippen LogP contribution in [-0.4, -0.2) is 25.1 Å². The lowest BCUT2D eigenvalue weighted by atomic mass is 9.88. The van der Waals surface area contributed by atoms with Crippen molar-refractivity contribution in [2.75, 3.05) is 19.7 Å². The second kappa shape index (κ2) is 6.82. The fraction of sp³-hybridized carbons (Fsp3) is 0.647. The molecule has 0 spiro atoms. The smallest absolute Gasteiger partial charge is 0.122 e. The summed E-state index contributed by atoms with van der Waals surface area (Å²) in [7, 11) is 0. The third-order valence-electron chi connectivity index (χ3n) is 4.63. The summed E-state index contributed by atoms with van der Waals surface area (Å²) in [4.78, 5) is 0. The number of alkyl halides is 1. The van der Waals surface area contributed by atoms with Gasteiger partial charge in [-0.15, -0.1) is 11.6 Å². The topological polar surface area (TPSA) is 21.3 Å². The molecular weight excluding hydrogens is 270 g/mol. The maximum absolute atomic E-state index is 6.26. The lowest BCUT2D eigenvalue weighted by Crippen LogP contribution is -2.32. The van der Waals surface area contributed by atoms with Gasteiger partial charge in [0.05, 0.1) is 6.61 Å². The van der Waals surface area contributed by atoms with Crippen LogP contribution in [0.1, 0.15) is 43.6 Å². The van der Waals surface area contributed by atoms with Gasteiger partial charge in [0.2, 0.25) is 0 Å². The first-order valence-corrected chi connectivity index (χ1v) is 8.33. The van der Waals surface area contributed by atoms with Crippen LogP contribution in [-0.2, 0) is 0 Å². The number of ether oxygens (including phenoxy) is 1. The molecule has 1 fully saturated rings. The third-order valence-corrected chi connectivity index (χ3v) is 5.02. The van der Waals surface area contributed by atoms with Gasteiger partial charge in [-0.25, -0.2) is 0 Å². The van der Waals surface area contributed by atoms with Crippen molar-refractivity contribution in [2.45, 2.75) is 43.4 Å². The zero-order chi connectivity index (χ0) is 13.8. The van der Waals surface area contributed by atoms with Gasteiger partial charge in [0.1, 0.15) is 5.75 Å². The van der Waals surface area contributed by atoms with E-state index < -0.39 is 0 Å². The number of rotatable bonds is 4. The monoisotopic (exact) mass is 293 g/mol. The summed E-state index contributed by atoms with van der Waals surface area (Å²) >= 11 is 6.26. The van der Waals surface area contributed by atoms with E-state index in [1.807, 2.05) is 0 Å². The Balaban J connectivity index is 1.49. The van der Waals surface area contributed by atoms with Crippen molar-refractivity contribution < 1.29 is 4.74 Å². The summed E-state index contributed by atoms with van der Waals surface area (Å²) in [6.07, 6.45) is 6.12. The average molecular weight is 294 g/mol. The van der Waals surface area contributed by atoms with E-state index in [2.05, 4.69) is 29.6 Å². The maximum Gasteiger partial charge on any atom is 0.122 e. The Kier molecular flexibility index (Phi) is 4.85. The molecule has 0 radical (unpaired) electrons. The molecule has 3 rings (SSSR count). The molecule has 3 heteroatoms. The van der Waals surface area contributed by atoms with Crippen LogP contribution in [0.4, 0.5) is 0 Å². The Morgan fingerprint density at radius 2 is 2.05 bits per heavy atom. The van der Waals surface area contributed by atoms with E-state index in [4.69, 9.17) is 16.3 Å². The largest absolute Gasteiger partial charge is 0.493 e. The Bertz CT molecular complexity index is 437. The molecule has 0 bridgehead atoms. The Labute approximate surface area is 126 Å². The van der Waals surface area contributed by atoms with E-state index in [1.165, 1.54) is 31.2 Å². The van der Waals surface area contributed by atoms with Gasteiger partial charge in [0.15, 0.2) is 0 Å². The van der Waals surface area contributed by atoms with Crippen LogP contribution in [0.25, 0.3) is 0 Å². The van der Waals surface area contributed by atoms with E-state index in [0.29, 0.717) is 11.3 Å². The molecule has 1 saturated carbocycles. The molecule has 1 aromatic rings. The van der Waals surface area contributed by atoms with Crippen molar-refractivity contribution >= 4 is 11.6 Å². The summed E-state index contributed by atoms with van der Waals surface area (Å²) in [5.41, 5.74) is 1.37. The third kappa shape index (κ3) is 3.48. The first kappa shape index (κ1) is 14.2. The molecule has 1 heterocycles. The molecule has 2 aliphatic rings. The lowest BCUT2D eigenvalue weighted by Gasteiger charge is -2.28. The number of fused-ring (bicyclic) bond motifs is 1. The molecule has 1 aliphatic carbocycles. The fourth-order valence-electron chi connectivity index (χ4n) is 3.50. The summed E-state index contributed by atoms with van der Waals surface area (Å²) in [6.45, 7) is 3.02. The summed E-state index contributed by atoms with van der Waals surface area (Å²) < 4.78 is 5.72. The van der Waals surface area contributed by atoms with Crippen LogP contribution in [0.5, 0.6) is 5.75 Å². The predicted octanol–water partition coefficient (Wildman–Crippen LogP) is 3.94. The number of benzene rings is 1. The van der Waals surface area contributed by atoms with Gasteiger partial charge in [-0.2, -0.15) is 0 Å². The number of para-hydroxylation sites is 1. The first-order chi connectivity index (χ1) is 9.83. The highest BCUT2D eigenvalue weighted by molar-refractivity contribution is 6.20. The molecule has 3 unspecified atom stereocenters. The van der Waals surface area contributed by atoms with Gasteiger partial charge in [-0.1, -0.05) is 24.6 Å². The average Bonchev–Trinajstić information content (AvgIpc) is 2.48. The summed E-state index contributed by atoms with van der Waals surface area (Å²) in [5, 5.41) is 4.07. The minimum absolute atomic E-state index is 0.402. The van der Waals surface area contributed by atoms with E-state index in [9.17, 15) is 0 Å². The molecule has 20 heavy (non-hydrogen) atoms. The lowest BCUT2D eigenvalue weighted by molar-refractivity contribution is 0.261. The van der Waals surface area contributed by atoms with Crippen molar-refractivity contribution in [3.63, 3.8) is 0 Å². The maximum atomic E-state index is 6.26. The van der Waals surface area contributed by atoms with Crippen molar-refractivity contribution in [2.24, 2.45) is 5.92 Å². The van der Waals surface area contributed by atoms with E-state index in [1.54, 1.807) is 0 Å². The molecule has 2 nitrogen and oxygen atoms in total. The van der Waals surface area contributed by atoms with E-state index >= 15 is 0 Å². The highest BCUT2D eigenvalue weighted by atomic mass is 35.5. The van der Waals surface area contributed by atoms with Crippen molar-refractivity contribution in [1.82, 2.24) is 5.32 Å². The zero-order valence-corrected chi connectivity index (χ0v) is 12.7. The minimum atomic E-state index is 0.402. The summed E-state index contributed by atoms with van der Waals surface area (Å²) in [6, 6.07) is 8.45. The highest BCUT2D eigenvalue weighted by Crippen LogP contribution is 2.33. The quantitative estimate of drug-likeness (QED) is 0.849. The molecule has 1 aliphatic heterocycles. The Hall–Kier alpha value is -0.730. The van der Waals surface area contributed by atoms with Gasteiger partial charge in [-0.3, -0.25) is 0 Å². The minimum Gasteiger partial charge on any atom is -0.493 e.